The highest BCUT2D eigenvalue weighted by atomic mass is 32.2. The summed E-state index contributed by atoms with van der Waals surface area (Å²) in [6.07, 6.45) is 1.98. The first-order valence-corrected chi connectivity index (χ1v) is 8.48. The van der Waals surface area contributed by atoms with E-state index < -0.39 is 0 Å². The van der Waals surface area contributed by atoms with Crippen molar-refractivity contribution in [3.8, 4) is 0 Å². The molecule has 1 N–H and O–H groups in total. The van der Waals surface area contributed by atoms with E-state index >= 15 is 0 Å². The van der Waals surface area contributed by atoms with Crippen LogP contribution < -0.4 is 5.32 Å². The van der Waals surface area contributed by atoms with Crippen LogP contribution in [0.25, 0.3) is 0 Å². The van der Waals surface area contributed by atoms with Crippen molar-refractivity contribution in [1.29, 1.82) is 0 Å². The van der Waals surface area contributed by atoms with E-state index in [2.05, 4.69) is 22.3 Å². The summed E-state index contributed by atoms with van der Waals surface area (Å²) in [5, 5.41) is 3.06. The van der Waals surface area contributed by atoms with Crippen LogP contribution in [0, 0.1) is 0 Å². The molecular weight excluding hydrogens is 292 g/mol. The van der Waals surface area contributed by atoms with Crippen LogP contribution in [0.1, 0.15) is 22.0 Å². The number of rotatable bonds is 6. The van der Waals surface area contributed by atoms with Crippen LogP contribution in [-0.2, 0) is 0 Å². The van der Waals surface area contributed by atoms with Gasteiger partial charge >= 0.3 is 0 Å². The van der Waals surface area contributed by atoms with Crippen molar-refractivity contribution in [3.63, 3.8) is 0 Å². The van der Waals surface area contributed by atoms with E-state index in [1.165, 1.54) is 5.56 Å². The monoisotopic (exact) mass is 314 g/mol. The molecule has 0 aliphatic rings. The summed E-state index contributed by atoms with van der Waals surface area (Å²) in [5.74, 6) is -0.0206. The van der Waals surface area contributed by atoms with Gasteiger partial charge in [0, 0.05) is 11.4 Å². The average Bonchev–Trinajstić information content (AvgIpc) is 2.55. The van der Waals surface area contributed by atoms with E-state index in [-0.39, 0.29) is 11.9 Å². The predicted molar refractivity (Wildman–Crippen MR) is 93.4 cm³/mol. The van der Waals surface area contributed by atoms with Crippen molar-refractivity contribution in [2.75, 3.05) is 26.9 Å². The topological polar surface area (TPSA) is 32.3 Å². The molecule has 0 saturated carbocycles. The molecule has 0 aliphatic heterocycles. The molecule has 0 radical (unpaired) electrons. The van der Waals surface area contributed by atoms with E-state index in [9.17, 15) is 4.79 Å². The van der Waals surface area contributed by atoms with Crippen LogP contribution in [0.4, 0.5) is 0 Å². The van der Waals surface area contributed by atoms with Crippen molar-refractivity contribution >= 4 is 17.7 Å². The molecule has 3 nitrogen and oxygen atoms in total. The number of nitrogens with zero attached hydrogens (tertiary/aromatic N) is 1. The Hall–Kier alpha value is -1.78. The highest BCUT2D eigenvalue weighted by Crippen LogP contribution is 2.21. The number of thioether (sulfide) groups is 1. The Morgan fingerprint density at radius 2 is 1.73 bits per heavy atom. The standard InChI is InChI=1S/C18H22N2OS/c1-20(2)16(14-9-5-4-6-10-14)13-19-18(21)15-11-7-8-12-17(15)22-3/h4-12,16H,13H2,1-3H3,(H,19,21)/t16-/m0/s1. The summed E-state index contributed by atoms with van der Waals surface area (Å²) in [5.41, 5.74) is 1.94. The maximum absolute atomic E-state index is 12.4. The second kappa shape index (κ2) is 8.01. The summed E-state index contributed by atoms with van der Waals surface area (Å²) in [7, 11) is 4.05. The van der Waals surface area contributed by atoms with E-state index in [1.54, 1.807) is 11.8 Å². The van der Waals surface area contributed by atoms with Crippen LogP contribution in [0.3, 0.4) is 0 Å². The molecule has 1 amide bonds. The van der Waals surface area contributed by atoms with Gasteiger partial charge in [0.2, 0.25) is 0 Å². The average molecular weight is 314 g/mol. The first-order valence-electron chi connectivity index (χ1n) is 7.26. The number of nitrogens with one attached hydrogen (secondary N) is 1. The Kier molecular flexibility index (Phi) is 6.04. The van der Waals surface area contributed by atoms with E-state index in [0.29, 0.717) is 6.54 Å². The quantitative estimate of drug-likeness (QED) is 0.829. The van der Waals surface area contributed by atoms with Gasteiger partial charge in [-0.3, -0.25) is 4.79 Å². The van der Waals surface area contributed by atoms with Crippen LogP contribution >= 0.6 is 11.8 Å². The maximum Gasteiger partial charge on any atom is 0.252 e. The fourth-order valence-corrected chi connectivity index (χ4v) is 2.99. The third-order valence-corrected chi connectivity index (χ3v) is 4.41. The second-order valence-electron chi connectivity index (χ2n) is 5.30. The highest BCUT2D eigenvalue weighted by Gasteiger charge is 2.16. The second-order valence-corrected chi connectivity index (χ2v) is 6.15. The molecule has 0 unspecified atom stereocenters. The summed E-state index contributed by atoms with van der Waals surface area (Å²) < 4.78 is 0. The van der Waals surface area contributed by atoms with Crippen LogP contribution in [0.5, 0.6) is 0 Å². The Morgan fingerprint density at radius 1 is 1.09 bits per heavy atom. The van der Waals surface area contributed by atoms with Crippen molar-refractivity contribution in [3.05, 3.63) is 65.7 Å². The van der Waals surface area contributed by atoms with Gasteiger partial charge in [-0.1, -0.05) is 42.5 Å². The van der Waals surface area contributed by atoms with Gasteiger partial charge in [0.15, 0.2) is 0 Å². The number of amides is 1. The molecule has 0 bridgehead atoms. The molecule has 4 heteroatoms. The molecule has 1 atom stereocenters. The lowest BCUT2D eigenvalue weighted by Gasteiger charge is -2.25. The predicted octanol–water partition coefficient (Wildman–Crippen LogP) is 3.44. The maximum atomic E-state index is 12.4. The third kappa shape index (κ3) is 4.12. The fourth-order valence-electron chi connectivity index (χ4n) is 2.39. The Labute approximate surface area is 136 Å². The number of hydrogen-bond donors (Lipinski definition) is 1. The molecule has 116 valence electrons. The summed E-state index contributed by atoms with van der Waals surface area (Å²) in [6, 6.07) is 18.1. The minimum atomic E-state index is -0.0206. The highest BCUT2D eigenvalue weighted by molar-refractivity contribution is 7.98. The third-order valence-electron chi connectivity index (χ3n) is 3.62. The van der Waals surface area contributed by atoms with Gasteiger partial charge in [-0.15, -0.1) is 11.8 Å². The normalized spacial score (nSPS) is 12.2. The lowest BCUT2D eigenvalue weighted by molar-refractivity contribution is 0.0939. The van der Waals surface area contributed by atoms with Crippen LogP contribution in [0.2, 0.25) is 0 Å². The number of carbonyl (C=O) groups is 1. The van der Waals surface area contributed by atoms with E-state index in [1.807, 2.05) is 62.8 Å². The first kappa shape index (κ1) is 16.6. The number of benzene rings is 2. The Balaban J connectivity index is 2.08. The van der Waals surface area contributed by atoms with Gasteiger partial charge in [0.1, 0.15) is 0 Å². The van der Waals surface area contributed by atoms with Crippen molar-refractivity contribution in [2.45, 2.75) is 10.9 Å². The minimum absolute atomic E-state index is 0.0206. The largest absolute Gasteiger partial charge is 0.350 e. The van der Waals surface area contributed by atoms with Crippen molar-refractivity contribution in [1.82, 2.24) is 10.2 Å². The summed E-state index contributed by atoms with van der Waals surface area (Å²) >= 11 is 1.59. The number of carbonyl (C=O) groups excluding carboxylic acids is 1. The number of hydrogen-bond acceptors (Lipinski definition) is 3. The lowest BCUT2D eigenvalue weighted by Crippen LogP contribution is -2.34. The first-order chi connectivity index (χ1) is 10.6. The molecule has 0 saturated heterocycles. The van der Waals surface area contributed by atoms with E-state index in [4.69, 9.17) is 0 Å². The summed E-state index contributed by atoms with van der Waals surface area (Å²) in [6.45, 7) is 0.582. The zero-order chi connectivity index (χ0) is 15.9. The van der Waals surface area contributed by atoms with Gasteiger partial charge in [0.25, 0.3) is 5.91 Å². The molecule has 0 heterocycles. The van der Waals surface area contributed by atoms with E-state index in [0.717, 1.165) is 10.5 Å². The molecular formula is C18H22N2OS. The molecule has 22 heavy (non-hydrogen) atoms. The van der Waals surface area contributed by atoms with Crippen LogP contribution in [-0.4, -0.2) is 37.7 Å². The number of likely N-dealkylation sites (N-methyl/N-ethyl adjacent to an activating group) is 1. The lowest BCUT2D eigenvalue weighted by atomic mass is 10.1. The van der Waals surface area contributed by atoms with Crippen LogP contribution in [0.15, 0.2) is 59.5 Å². The fraction of sp³-hybridized carbons (Fsp3) is 0.278. The zero-order valence-corrected chi connectivity index (χ0v) is 14.1. The smallest absolute Gasteiger partial charge is 0.252 e. The molecule has 0 spiro atoms. The summed E-state index contributed by atoms with van der Waals surface area (Å²) in [4.78, 5) is 15.6. The molecule has 2 aromatic carbocycles. The van der Waals surface area contributed by atoms with Gasteiger partial charge in [-0.2, -0.15) is 0 Å². The molecule has 2 aromatic rings. The van der Waals surface area contributed by atoms with Gasteiger partial charge < -0.3 is 10.2 Å². The molecule has 0 aliphatic carbocycles. The van der Waals surface area contributed by atoms with Gasteiger partial charge in [0.05, 0.1) is 11.6 Å². The Morgan fingerprint density at radius 3 is 2.36 bits per heavy atom. The molecule has 0 aromatic heterocycles. The molecule has 2 rings (SSSR count). The molecule has 0 fully saturated rings. The Bertz CT molecular complexity index is 613. The van der Waals surface area contributed by atoms with Crippen molar-refractivity contribution in [2.24, 2.45) is 0 Å². The minimum Gasteiger partial charge on any atom is -0.350 e. The SMILES string of the molecule is CSc1ccccc1C(=O)NC[C@@H](c1ccccc1)N(C)C. The zero-order valence-electron chi connectivity index (χ0n) is 13.2. The van der Waals surface area contributed by atoms with Crippen molar-refractivity contribution < 1.29 is 4.79 Å². The van der Waals surface area contributed by atoms with Gasteiger partial charge in [-0.05, 0) is 38.0 Å². The van der Waals surface area contributed by atoms with Gasteiger partial charge in [-0.25, -0.2) is 0 Å².